The summed E-state index contributed by atoms with van der Waals surface area (Å²) in [5, 5.41) is 11.6. The molecule has 0 saturated carbocycles. The number of nitrogens with zero attached hydrogens (tertiary/aromatic N) is 1. The van der Waals surface area contributed by atoms with Crippen molar-refractivity contribution < 1.29 is 19.1 Å². The molecule has 6 nitrogen and oxygen atoms in total. The Morgan fingerprint density at radius 3 is 2.79 bits per heavy atom. The van der Waals surface area contributed by atoms with Gasteiger partial charge in [0, 0.05) is 22.9 Å². The van der Waals surface area contributed by atoms with Crippen LogP contribution in [0.25, 0.3) is 11.3 Å². The van der Waals surface area contributed by atoms with E-state index in [4.69, 9.17) is 9.52 Å². The molecule has 1 atom stereocenters. The van der Waals surface area contributed by atoms with Gasteiger partial charge in [0.15, 0.2) is 11.7 Å². The maximum atomic E-state index is 11.9. The first-order valence-electron chi connectivity index (χ1n) is 7.73. The number of benzene rings is 1. The molecule has 0 aliphatic heterocycles. The van der Waals surface area contributed by atoms with Crippen molar-refractivity contribution in [1.82, 2.24) is 10.3 Å². The molecule has 1 aromatic heterocycles. The molecule has 2 rings (SSSR count). The Kier molecular flexibility index (Phi) is 6.54. The smallest absolute Gasteiger partial charge is 0.326 e. The number of hydrogen-bond acceptors (Lipinski definition) is 4. The third-order valence-electron chi connectivity index (χ3n) is 3.47. The lowest BCUT2D eigenvalue weighted by atomic mass is 10.1. The fourth-order valence-corrected chi connectivity index (χ4v) is 2.72. The molecule has 0 saturated heterocycles. The number of carbonyl (C=O) groups is 2. The summed E-state index contributed by atoms with van der Waals surface area (Å²) in [5.74, 6) is -0.278. The van der Waals surface area contributed by atoms with Gasteiger partial charge >= 0.3 is 5.97 Å². The van der Waals surface area contributed by atoms with E-state index in [9.17, 15) is 9.59 Å². The molecule has 0 fully saturated rings. The predicted octanol–water partition coefficient (Wildman–Crippen LogP) is 3.41. The average molecular weight is 395 g/mol. The highest BCUT2D eigenvalue weighted by Crippen LogP contribution is 2.28. The molecule has 0 radical (unpaired) electrons. The summed E-state index contributed by atoms with van der Waals surface area (Å²) < 4.78 is 6.56. The molecule has 1 heterocycles. The minimum Gasteiger partial charge on any atom is -0.480 e. The molecule has 1 amide bonds. The van der Waals surface area contributed by atoms with Gasteiger partial charge in [0.2, 0.25) is 5.91 Å². The van der Waals surface area contributed by atoms with E-state index in [1.165, 1.54) is 0 Å². The van der Waals surface area contributed by atoms with Gasteiger partial charge < -0.3 is 14.8 Å². The van der Waals surface area contributed by atoms with E-state index in [1.807, 2.05) is 31.2 Å². The first-order valence-corrected chi connectivity index (χ1v) is 8.52. The molecule has 0 spiro atoms. The third kappa shape index (κ3) is 4.92. The van der Waals surface area contributed by atoms with Crippen LogP contribution in [0.1, 0.15) is 32.1 Å². The zero-order valence-corrected chi connectivity index (χ0v) is 14.9. The second-order valence-corrected chi connectivity index (χ2v) is 6.20. The van der Waals surface area contributed by atoms with Gasteiger partial charge in [-0.25, -0.2) is 9.78 Å². The van der Waals surface area contributed by atoms with Crippen LogP contribution in [0.5, 0.6) is 0 Å². The minimum absolute atomic E-state index is 0.128. The van der Waals surface area contributed by atoms with Crippen LogP contribution in [0.4, 0.5) is 0 Å². The molecule has 0 bridgehead atoms. The van der Waals surface area contributed by atoms with Crippen molar-refractivity contribution >= 4 is 27.8 Å². The van der Waals surface area contributed by atoms with Crippen LogP contribution >= 0.6 is 15.9 Å². The maximum absolute atomic E-state index is 11.9. The van der Waals surface area contributed by atoms with Crippen molar-refractivity contribution in [3.8, 4) is 11.3 Å². The summed E-state index contributed by atoms with van der Waals surface area (Å²) in [6.07, 6.45) is 3.15. The number of amides is 1. The van der Waals surface area contributed by atoms with Gasteiger partial charge in [-0.05, 0) is 12.5 Å². The summed E-state index contributed by atoms with van der Waals surface area (Å²) in [5.41, 5.74) is 0.884. The standard InChI is InChI=1S/C17H19BrN2O4/c1-2-5-13(17(22)23)20-15(21)8-9-16-19-10-14(24-16)11-6-3-4-7-12(11)18/h3-4,6-7,10,13H,2,5,8-9H2,1H3,(H,20,21)(H,22,23). The van der Waals surface area contributed by atoms with Crippen LogP contribution in [-0.2, 0) is 16.0 Å². The highest BCUT2D eigenvalue weighted by atomic mass is 79.9. The number of aryl methyl sites for hydroxylation is 1. The summed E-state index contributed by atoms with van der Waals surface area (Å²) in [7, 11) is 0. The summed E-state index contributed by atoms with van der Waals surface area (Å²) in [4.78, 5) is 27.1. The number of carboxylic acid groups (broad SMARTS) is 1. The monoisotopic (exact) mass is 394 g/mol. The van der Waals surface area contributed by atoms with E-state index < -0.39 is 12.0 Å². The number of nitrogens with one attached hydrogen (secondary N) is 1. The van der Waals surface area contributed by atoms with Gasteiger partial charge in [-0.1, -0.05) is 47.5 Å². The van der Waals surface area contributed by atoms with Gasteiger partial charge in [-0.2, -0.15) is 0 Å². The highest BCUT2D eigenvalue weighted by molar-refractivity contribution is 9.10. The van der Waals surface area contributed by atoms with E-state index in [0.29, 0.717) is 30.9 Å². The number of rotatable bonds is 8. The molecule has 24 heavy (non-hydrogen) atoms. The first-order chi connectivity index (χ1) is 11.5. The number of carbonyl (C=O) groups excluding carboxylic acids is 1. The molecule has 2 N–H and O–H groups in total. The van der Waals surface area contributed by atoms with Crippen LogP contribution in [0.2, 0.25) is 0 Å². The van der Waals surface area contributed by atoms with Crippen molar-refractivity contribution in [3.05, 3.63) is 40.8 Å². The Morgan fingerprint density at radius 1 is 1.38 bits per heavy atom. The largest absolute Gasteiger partial charge is 0.480 e. The van der Waals surface area contributed by atoms with Crippen molar-refractivity contribution in [2.75, 3.05) is 0 Å². The number of aromatic nitrogens is 1. The van der Waals surface area contributed by atoms with E-state index in [-0.39, 0.29) is 12.3 Å². The number of carboxylic acids is 1. The third-order valence-corrected chi connectivity index (χ3v) is 4.16. The quantitative estimate of drug-likeness (QED) is 0.715. The van der Waals surface area contributed by atoms with Crippen LogP contribution in [-0.4, -0.2) is 28.0 Å². The van der Waals surface area contributed by atoms with Crippen LogP contribution in [0, 0.1) is 0 Å². The fourth-order valence-electron chi connectivity index (χ4n) is 2.24. The molecule has 0 aliphatic rings. The van der Waals surface area contributed by atoms with Crippen LogP contribution in [0.3, 0.4) is 0 Å². The van der Waals surface area contributed by atoms with Gasteiger partial charge in [-0.15, -0.1) is 0 Å². The summed E-state index contributed by atoms with van der Waals surface area (Å²) in [6, 6.07) is 6.77. The Hall–Kier alpha value is -2.15. The van der Waals surface area contributed by atoms with Crippen molar-refractivity contribution in [2.24, 2.45) is 0 Å². The second kappa shape index (κ2) is 8.63. The maximum Gasteiger partial charge on any atom is 0.326 e. The second-order valence-electron chi connectivity index (χ2n) is 5.35. The zero-order valence-electron chi connectivity index (χ0n) is 13.3. The predicted molar refractivity (Wildman–Crippen MR) is 92.4 cm³/mol. The topological polar surface area (TPSA) is 92.4 Å². The lowest BCUT2D eigenvalue weighted by Gasteiger charge is -2.12. The molecule has 128 valence electrons. The SMILES string of the molecule is CCCC(NC(=O)CCc1ncc(-c2ccccc2Br)o1)C(=O)O. The van der Waals surface area contributed by atoms with E-state index in [1.54, 1.807) is 6.20 Å². The van der Waals surface area contributed by atoms with Crippen LogP contribution < -0.4 is 5.32 Å². The number of halogens is 1. The van der Waals surface area contributed by atoms with Gasteiger partial charge in [-0.3, -0.25) is 4.79 Å². The van der Waals surface area contributed by atoms with Gasteiger partial charge in [0.1, 0.15) is 6.04 Å². The van der Waals surface area contributed by atoms with E-state index in [2.05, 4.69) is 26.2 Å². The first kappa shape index (κ1) is 18.2. The molecule has 0 aliphatic carbocycles. The molecule has 7 heteroatoms. The zero-order chi connectivity index (χ0) is 17.5. The van der Waals surface area contributed by atoms with E-state index >= 15 is 0 Å². The Morgan fingerprint density at radius 2 is 2.12 bits per heavy atom. The number of aliphatic carboxylic acids is 1. The Balaban J connectivity index is 1.92. The summed E-state index contributed by atoms with van der Waals surface area (Å²) in [6.45, 7) is 1.87. The van der Waals surface area contributed by atoms with Gasteiger partial charge in [0.25, 0.3) is 0 Å². The fraction of sp³-hybridized carbons (Fsp3) is 0.353. The van der Waals surface area contributed by atoms with Crippen molar-refractivity contribution in [2.45, 2.75) is 38.6 Å². The van der Waals surface area contributed by atoms with Crippen LogP contribution in [0.15, 0.2) is 39.4 Å². The minimum atomic E-state index is -1.02. The molecule has 2 aromatic rings. The molecular weight excluding hydrogens is 376 g/mol. The molecule has 1 unspecified atom stereocenters. The highest BCUT2D eigenvalue weighted by Gasteiger charge is 2.19. The summed E-state index contributed by atoms with van der Waals surface area (Å²) >= 11 is 3.45. The normalized spacial score (nSPS) is 11.9. The lowest BCUT2D eigenvalue weighted by Crippen LogP contribution is -2.40. The average Bonchev–Trinajstić information content (AvgIpc) is 3.01. The van der Waals surface area contributed by atoms with Gasteiger partial charge in [0.05, 0.1) is 6.20 Å². The number of oxazole rings is 1. The Bertz CT molecular complexity index is 714. The molecular formula is C17H19BrN2O4. The van der Waals surface area contributed by atoms with E-state index in [0.717, 1.165) is 10.0 Å². The van der Waals surface area contributed by atoms with Crippen molar-refractivity contribution in [3.63, 3.8) is 0 Å². The molecule has 1 aromatic carbocycles. The Labute approximate surface area is 148 Å². The lowest BCUT2D eigenvalue weighted by molar-refractivity contribution is -0.142. The number of hydrogen-bond donors (Lipinski definition) is 2. The van der Waals surface area contributed by atoms with Crippen molar-refractivity contribution in [1.29, 1.82) is 0 Å².